The molecule has 0 aliphatic rings. The summed E-state index contributed by atoms with van der Waals surface area (Å²) in [5, 5.41) is 0. The largest absolute Gasteiger partial charge is 0.462 e. The Kier molecular flexibility index (Phi) is 8.88. The van der Waals surface area contributed by atoms with Crippen molar-refractivity contribution in [2.75, 3.05) is 6.61 Å². The van der Waals surface area contributed by atoms with Crippen LogP contribution in [0.4, 0.5) is 0 Å². The van der Waals surface area contributed by atoms with Gasteiger partial charge in [0.25, 0.3) is 0 Å². The Morgan fingerprint density at radius 3 is 2.09 bits per heavy atom. The van der Waals surface area contributed by atoms with E-state index in [2.05, 4.69) is 20.8 Å². The van der Waals surface area contributed by atoms with Gasteiger partial charge in [-0.15, -0.1) is 0 Å². The van der Waals surface area contributed by atoms with Crippen LogP contribution in [0, 0.1) is 20.8 Å². The molecule has 1 rings (SSSR count). The third-order valence-corrected chi connectivity index (χ3v) is 4.51. The fourth-order valence-corrected chi connectivity index (χ4v) is 2.66. The summed E-state index contributed by atoms with van der Waals surface area (Å²) in [6.45, 7) is 8.90. The van der Waals surface area contributed by atoms with E-state index in [1.54, 1.807) is 0 Å². The number of ether oxygens (including phenoxy) is 1. The summed E-state index contributed by atoms with van der Waals surface area (Å²) in [4.78, 5) is 12.1. The highest BCUT2D eigenvalue weighted by Gasteiger charge is 2.12. The van der Waals surface area contributed by atoms with E-state index >= 15 is 0 Å². The topological polar surface area (TPSA) is 26.3 Å². The van der Waals surface area contributed by atoms with Crippen molar-refractivity contribution >= 4 is 5.97 Å². The van der Waals surface area contributed by atoms with Crippen LogP contribution < -0.4 is 0 Å². The number of hydrogen-bond donors (Lipinski definition) is 0. The fraction of sp³-hybridized carbons (Fsp3) is 0.650. The molecule has 0 saturated heterocycles. The molecular weight excluding hydrogens is 272 g/mol. The Bertz CT molecular complexity index is 463. The number of carbonyl (C=O) groups is 1. The van der Waals surface area contributed by atoms with Gasteiger partial charge in [0.1, 0.15) is 0 Å². The molecule has 0 atom stereocenters. The second-order valence-electron chi connectivity index (χ2n) is 6.29. The van der Waals surface area contributed by atoms with Crippen LogP contribution >= 0.6 is 0 Å². The third-order valence-electron chi connectivity index (χ3n) is 4.51. The molecule has 0 amide bonds. The van der Waals surface area contributed by atoms with E-state index in [4.69, 9.17) is 4.74 Å². The van der Waals surface area contributed by atoms with E-state index in [1.807, 2.05) is 19.1 Å². The average Bonchev–Trinajstić information content (AvgIpc) is 2.51. The van der Waals surface area contributed by atoms with Gasteiger partial charge in [0, 0.05) is 0 Å². The minimum Gasteiger partial charge on any atom is -0.462 e. The standard InChI is InChI=1S/C20H32O2/c1-5-6-7-8-9-10-11-12-15-22-20(21)19-14-13-16(2)17(3)18(19)4/h13-14H,5-12,15H2,1-4H3. The first-order chi connectivity index (χ1) is 10.6. The lowest BCUT2D eigenvalue weighted by Gasteiger charge is -2.11. The molecule has 124 valence electrons. The predicted octanol–water partition coefficient (Wildman–Crippen LogP) is 5.91. The second kappa shape index (κ2) is 10.4. The van der Waals surface area contributed by atoms with Crippen LogP contribution in [0.3, 0.4) is 0 Å². The third kappa shape index (κ3) is 6.21. The lowest BCUT2D eigenvalue weighted by atomic mass is 9.99. The zero-order chi connectivity index (χ0) is 16.4. The van der Waals surface area contributed by atoms with Gasteiger partial charge >= 0.3 is 5.97 Å². The Morgan fingerprint density at radius 1 is 0.864 bits per heavy atom. The van der Waals surface area contributed by atoms with E-state index in [0.29, 0.717) is 12.2 Å². The van der Waals surface area contributed by atoms with Crippen molar-refractivity contribution in [3.05, 3.63) is 34.4 Å². The molecule has 0 bridgehead atoms. The number of rotatable bonds is 10. The lowest BCUT2D eigenvalue weighted by Crippen LogP contribution is -2.09. The molecule has 0 unspecified atom stereocenters. The van der Waals surface area contributed by atoms with Gasteiger partial charge in [-0.2, -0.15) is 0 Å². The Hall–Kier alpha value is -1.31. The summed E-state index contributed by atoms with van der Waals surface area (Å²) in [5.41, 5.74) is 4.15. The number of esters is 1. The summed E-state index contributed by atoms with van der Waals surface area (Å²) >= 11 is 0. The number of unbranched alkanes of at least 4 members (excludes halogenated alkanes) is 7. The maximum Gasteiger partial charge on any atom is 0.338 e. The highest BCUT2D eigenvalue weighted by molar-refractivity contribution is 5.91. The minimum atomic E-state index is -0.177. The first-order valence-electron chi connectivity index (χ1n) is 8.81. The Labute approximate surface area is 136 Å². The molecule has 0 aliphatic carbocycles. The van der Waals surface area contributed by atoms with Crippen LogP contribution in [-0.2, 0) is 4.74 Å². The number of aryl methyl sites for hydroxylation is 1. The molecule has 1 aromatic carbocycles. The monoisotopic (exact) mass is 304 g/mol. The maximum absolute atomic E-state index is 12.1. The van der Waals surface area contributed by atoms with Gasteiger partial charge in [-0.05, 0) is 49.9 Å². The summed E-state index contributed by atoms with van der Waals surface area (Å²) in [7, 11) is 0. The summed E-state index contributed by atoms with van der Waals surface area (Å²) in [6, 6.07) is 3.88. The average molecular weight is 304 g/mol. The van der Waals surface area contributed by atoms with Gasteiger partial charge in [0.2, 0.25) is 0 Å². The predicted molar refractivity (Wildman–Crippen MR) is 93.5 cm³/mol. The fourth-order valence-electron chi connectivity index (χ4n) is 2.66. The summed E-state index contributed by atoms with van der Waals surface area (Å²) in [6.07, 6.45) is 10.1. The second-order valence-corrected chi connectivity index (χ2v) is 6.29. The molecule has 2 nitrogen and oxygen atoms in total. The van der Waals surface area contributed by atoms with Crippen molar-refractivity contribution in [3.8, 4) is 0 Å². The molecule has 0 N–H and O–H groups in total. The van der Waals surface area contributed by atoms with Crippen LogP contribution in [0.1, 0.15) is 85.3 Å². The zero-order valence-electron chi connectivity index (χ0n) is 14.8. The molecule has 0 saturated carbocycles. The molecule has 0 aliphatic heterocycles. The molecule has 0 aromatic heterocycles. The van der Waals surface area contributed by atoms with Crippen molar-refractivity contribution in [1.29, 1.82) is 0 Å². The minimum absolute atomic E-state index is 0.177. The molecule has 22 heavy (non-hydrogen) atoms. The van der Waals surface area contributed by atoms with Crippen LogP contribution in [0.15, 0.2) is 12.1 Å². The van der Waals surface area contributed by atoms with Crippen molar-refractivity contribution in [1.82, 2.24) is 0 Å². The quantitative estimate of drug-likeness (QED) is 0.397. The smallest absolute Gasteiger partial charge is 0.338 e. The van der Waals surface area contributed by atoms with E-state index in [9.17, 15) is 4.79 Å². The molecule has 1 aromatic rings. The molecule has 0 fully saturated rings. The molecular formula is C20H32O2. The van der Waals surface area contributed by atoms with E-state index in [1.165, 1.54) is 49.7 Å². The summed E-state index contributed by atoms with van der Waals surface area (Å²) < 4.78 is 5.41. The number of hydrogen-bond acceptors (Lipinski definition) is 2. The van der Waals surface area contributed by atoms with E-state index in [-0.39, 0.29) is 5.97 Å². The Morgan fingerprint density at radius 2 is 1.45 bits per heavy atom. The molecule has 0 spiro atoms. The first kappa shape index (κ1) is 18.7. The zero-order valence-corrected chi connectivity index (χ0v) is 14.8. The summed E-state index contributed by atoms with van der Waals surface area (Å²) in [5.74, 6) is -0.177. The van der Waals surface area contributed by atoms with Crippen LogP contribution in [0.5, 0.6) is 0 Å². The highest BCUT2D eigenvalue weighted by Crippen LogP contribution is 2.18. The van der Waals surface area contributed by atoms with Crippen molar-refractivity contribution in [2.24, 2.45) is 0 Å². The number of carbonyl (C=O) groups excluding carboxylic acids is 1. The van der Waals surface area contributed by atoms with Gasteiger partial charge < -0.3 is 4.74 Å². The van der Waals surface area contributed by atoms with Gasteiger partial charge in [-0.3, -0.25) is 0 Å². The highest BCUT2D eigenvalue weighted by atomic mass is 16.5. The normalized spacial score (nSPS) is 10.7. The van der Waals surface area contributed by atoms with E-state index in [0.717, 1.165) is 18.4 Å². The van der Waals surface area contributed by atoms with Crippen molar-refractivity contribution in [3.63, 3.8) is 0 Å². The first-order valence-corrected chi connectivity index (χ1v) is 8.81. The van der Waals surface area contributed by atoms with Gasteiger partial charge in [0.05, 0.1) is 12.2 Å². The van der Waals surface area contributed by atoms with Crippen LogP contribution in [-0.4, -0.2) is 12.6 Å². The molecule has 0 radical (unpaired) electrons. The molecule has 2 heteroatoms. The number of benzene rings is 1. The van der Waals surface area contributed by atoms with Gasteiger partial charge in [-0.1, -0.05) is 57.9 Å². The van der Waals surface area contributed by atoms with Gasteiger partial charge in [-0.25, -0.2) is 4.79 Å². The lowest BCUT2D eigenvalue weighted by molar-refractivity contribution is 0.0496. The van der Waals surface area contributed by atoms with E-state index < -0.39 is 0 Å². The SMILES string of the molecule is CCCCCCCCCCOC(=O)c1ccc(C)c(C)c1C. The Balaban J connectivity index is 2.20. The van der Waals surface area contributed by atoms with Crippen molar-refractivity contribution in [2.45, 2.75) is 79.1 Å². The molecule has 0 heterocycles. The van der Waals surface area contributed by atoms with Gasteiger partial charge in [0.15, 0.2) is 0 Å². The van der Waals surface area contributed by atoms with Crippen LogP contribution in [0.2, 0.25) is 0 Å². The van der Waals surface area contributed by atoms with Crippen LogP contribution in [0.25, 0.3) is 0 Å². The van der Waals surface area contributed by atoms with Crippen molar-refractivity contribution < 1.29 is 9.53 Å². The maximum atomic E-state index is 12.1.